The number of nitrogens with two attached hydrogens (primary N) is 3. The minimum Gasteiger partial charge on any atom is -0.370 e. The molecule has 0 aliphatic heterocycles. The van der Waals surface area contributed by atoms with Gasteiger partial charge in [0.25, 0.3) is 5.91 Å². The van der Waals surface area contributed by atoms with Crippen molar-refractivity contribution in [2.24, 2.45) is 27.2 Å². The Labute approximate surface area is 109 Å². The van der Waals surface area contributed by atoms with Crippen LogP contribution in [0.1, 0.15) is 10.4 Å². The summed E-state index contributed by atoms with van der Waals surface area (Å²) in [5.41, 5.74) is 16.5. The maximum absolute atomic E-state index is 11.4. The Kier molecular flexibility index (Phi) is 4.50. The molecule has 18 heavy (non-hydrogen) atoms. The van der Waals surface area contributed by atoms with Crippen LogP contribution in [-0.4, -0.2) is 24.9 Å². The van der Waals surface area contributed by atoms with Gasteiger partial charge in [0.15, 0.2) is 5.96 Å². The Morgan fingerprint density at radius 3 is 2.56 bits per heavy atom. The first-order chi connectivity index (χ1) is 8.43. The van der Waals surface area contributed by atoms with Gasteiger partial charge in [0, 0.05) is 12.6 Å². The van der Waals surface area contributed by atoms with Crippen LogP contribution in [0.15, 0.2) is 28.2 Å². The van der Waals surface area contributed by atoms with Crippen molar-refractivity contribution in [3.63, 3.8) is 0 Å². The van der Waals surface area contributed by atoms with Gasteiger partial charge in [-0.05, 0) is 18.2 Å². The van der Waals surface area contributed by atoms with Crippen molar-refractivity contribution in [3.05, 3.63) is 28.8 Å². The zero-order valence-corrected chi connectivity index (χ0v) is 10.4. The van der Waals surface area contributed by atoms with Crippen LogP contribution < -0.4 is 22.5 Å². The first-order valence-corrected chi connectivity index (χ1v) is 5.27. The fourth-order valence-corrected chi connectivity index (χ4v) is 1.32. The maximum atomic E-state index is 11.4. The predicted molar refractivity (Wildman–Crippen MR) is 71.9 cm³/mol. The minimum absolute atomic E-state index is 0.147. The second-order valence-corrected chi connectivity index (χ2v) is 3.66. The topological polar surface area (TPSA) is 132 Å². The summed E-state index contributed by atoms with van der Waals surface area (Å²) in [4.78, 5) is 18.9. The number of carbonyl (C=O) groups excluding carboxylic acids is 1. The number of hydrogen-bond acceptors (Lipinski definition) is 2. The summed E-state index contributed by atoms with van der Waals surface area (Å²) >= 11 is 5.92. The summed E-state index contributed by atoms with van der Waals surface area (Å²) in [7, 11) is 1.52. The van der Waals surface area contributed by atoms with E-state index in [9.17, 15) is 4.79 Å². The van der Waals surface area contributed by atoms with Crippen molar-refractivity contribution in [3.8, 4) is 0 Å². The molecule has 96 valence electrons. The SMILES string of the molecule is CNC(=O)c1ccc(Cl)c(N=C(N)N=C(N)N)c1. The van der Waals surface area contributed by atoms with Crippen molar-refractivity contribution in [2.45, 2.75) is 0 Å². The molecular weight excluding hydrogens is 256 g/mol. The molecule has 0 aliphatic carbocycles. The highest BCUT2D eigenvalue weighted by molar-refractivity contribution is 6.33. The fourth-order valence-electron chi connectivity index (χ4n) is 1.16. The van der Waals surface area contributed by atoms with Gasteiger partial charge in [-0.15, -0.1) is 0 Å². The van der Waals surface area contributed by atoms with Gasteiger partial charge in [0.05, 0.1) is 10.7 Å². The fraction of sp³-hybridized carbons (Fsp3) is 0.100. The number of nitrogens with one attached hydrogen (secondary N) is 1. The molecule has 0 radical (unpaired) electrons. The molecule has 0 heterocycles. The first-order valence-electron chi connectivity index (χ1n) is 4.89. The number of halogens is 1. The van der Waals surface area contributed by atoms with Crippen LogP contribution in [0.3, 0.4) is 0 Å². The smallest absolute Gasteiger partial charge is 0.251 e. The third-order valence-electron chi connectivity index (χ3n) is 1.91. The van der Waals surface area contributed by atoms with Gasteiger partial charge in [0.2, 0.25) is 5.96 Å². The van der Waals surface area contributed by atoms with E-state index in [4.69, 9.17) is 28.8 Å². The molecule has 1 rings (SSSR count). The van der Waals surface area contributed by atoms with Gasteiger partial charge in [-0.3, -0.25) is 4.79 Å². The largest absolute Gasteiger partial charge is 0.370 e. The molecular formula is C10H13ClN6O. The molecule has 1 aromatic rings. The summed E-state index contributed by atoms with van der Waals surface area (Å²) in [6, 6.07) is 4.58. The zero-order chi connectivity index (χ0) is 13.7. The highest BCUT2D eigenvalue weighted by atomic mass is 35.5. The number of aliphatic imine (C=N–C) groups is 2. The van der Waals surface area contributed by atoms with E-state index in [1.54, 1.807) is 6.07 Å². The van der Waals surface area contributed by atoms with E-state index in [0.717, 1.165) is 0 Å². The molecule has 1 aromatic carbocycles. The lowest BCUT2D eigenvalue weighted by Gasteiger charge is -2.03. The lowest BCUT2D eigenvalue weighted by Crippen LogP contribution is -2.26. The van der Waals surface area contributed by atoms with E-state index in [1.165, 1.54) is 19.2 Å². The number of amides is 1. The number of carbonyl (C=O) groups is 1. The van der Waals surface area contributed by atoms with Crippen molar-refractivity contribution in [1.29, 1.82) is 0 Å². The monoisotopic (exact) mass is 268 g/mol. The van der Waals surface area contributed by atoms with Crippen LogP contribution >= 0.6 is 11.6 Å². The van der Waals surface area contributed by atoms with E-state index < -0.39 is 0 Å². The van der Waals surface area contributed by atoms with Gasteiger partial charge in [-0.25, -0.2) is 4.99 Å². The number of nitrogens with zero attached hydrogens (tertiary/aromatic N) is 2. The molecule has 7 nitrogen and oxygen atoms in total. The quantitative estimate of drug-likeness (QED) is 0.441. The Balaban J connectivity index is 3.16. The average molecular weight is 269 g/mol. The Morgan fingerprint density at radius 1 is 1.33 bits per heavy atom. The van der Waals surface area contributed by atoms with Crippen LogP contribution in [0.2, 0.25) is 5.02 Å². The van der Waals surface area contributed by atoms with Crippen molar-refractivity contribution in [2.75, 3.05) is 7.05 Å². The molecule has 0 saturated carbocycles. The van der Waals surface area contributed by atoms with Crippen molar-refractivity contribution in [1.82, 2.24) is 5.32 Å². The van der Waals surface area contributed by atoms with Crippen LogP contribution in [0.25, 0.3) is 0 Å². The average Bonchev–Trinajstić information content (AvgIpc) is 2.30. The summed E-state index contributed by atoms with van der Waals surface area (Å²) in [6.45, 7) is 0. The second-order valence-electron chi connectivity index (χ2n) is 3.25. The molecule has 0 aliphatic rings. The van der Waals surface area contributed by atoms with Gasteiger partial charge in [-0.2, -0.15) is 4.99 Å². The minimum atomic E-state index is -0.261. The molecule has 0 saturated heterocycles. The van der Waals surface area contributed by atoms with Crippen molar-refractivity contribution < 1.29 is 4.79 Å². The Morgan fingerprint density at radius 2 is 2.00 bits per heavy atom. The van der Waals surface area contributed by atoms with Crippen LogP contribution in [0, 0.1) is 0 Å². The van der Waals surface area contributed by atoms with Crippen molar-refractivity contribution >= 4 is 35.1 Å². The number of rotatable bonds is 2. The highest BCUT2D eigenvalue weighted by Crippen LogP contribution is 2.26. The first kappa shape index (κ1) is 13.8. The summed E-state index contributed by atoms with van der Waals surface area (Å²) in [5.74, 6) is -0.621. The third-order valence-corrected chi connectivity index (χ3v) is 2.23. The van der Waals surface area contributed by atoms with E-state index >= 15 is 0 Å². The number of guanidine groups is 2. The van der Waals surface area contributed by atoms with Crippen LogP contribution in [0.5, 0.6) is 0 Å². The number of benzene rings is 1. The molecule has 0 fully saturated rings. The summed E-state index contributed by atoms with van der Waals surface area (Å²) < 4.78 is 0. The molecule has 1 amide bonds. The van der Waals surface area contributed by atoms with Gasteiger partial charge < -0.3 is 22.5 Å². The lowest BCUT2D eigenvalue weighted by molar-refractivity contribution is 0.0963. The zero-order valence-electron chi connectivity index (χ0n) is 9.64. The van der Waals surface area contributed by atoms with Gasteiger partial charge in [-0.1, -0.05) is 11.6 Å². The molecule has 8 heteroatoms. The molecule has 0 aromatic heterocycles. The molecule has 7 N–H and O–H groups in total. The van der Waals surface area contributed by atoms with E-state index in [1.807, 2.05) is 0 Å². The van der Waals surface area contributed by atoms with E-state index in [2.05, 4.69) is 15.3 Å². The van der Waals surface area contributed by atoms with E-state index in [0.29, 0.717) is 16.3 Å². The summed E-state index contributed by atoms with van der Waals surface area (Å²) in [5, 5.41) is 2.81. The number of hydrogen-bond donors (Lipinski definition) is 4. The van der Waals surface area contributed by atoms with Gasteiger partial charge in [0.1, 0.15) is 0 Å². The standard InChI is InChI=1S/C10H13ClN6O/c1-15-8(18)5-2-3-6(11)7(4-5)16-10(14)17-9(12)13/h2-4H,1H3,(H,15,18)(H6,12,13,14,16,17). The Hall–Kier alpha value is -2.28. The summed E-state index contributed by atoms with van der Waals surface area (Å²) in [6.07, 6.45) is 0. The molecule has 0 atom stereocenters. The molecule has 0 bridgehead atoms. The Bertz CT molecular complexity index is 521. The highest BCUT2D eigenvalue weighted by Gasteiger charge is 2.07. The molecule has 0 spiro atoms. The second kappa shape index (κ2) is 5.87. The third kappa shape index (κ3) is 3.63. The molecule has 0 unspecified atom stereocenters. The van der Waals surface area contributed by atoms with Crippen LogP contribution in [-0.2, 0) is 0 Å². The maximum Gasteiger partial charge on any atom is 0.251 e. The van der Waals surface area contributed by atoms with Gasteiger partial charge >= 0.3 is 0 Å². The van der Waals surface area contributed by atoms with E-state index in [-0.39, 0.29) is 17.8 Å². The lowest BCUT2D eigenvalue weighted by atomic mass is 10.2. The van der Waals surface area contributed by atoms with Crippen LogP contribution in [0.4, 0.5) is 5.69 Å². The normalized spacial score (nSPS) is 10.9. The predicted octanol–water partition coefficient (Wildman–Crippen LogP) is -0.0808.